The van der Waals surface area contributed by atoms with Crippen molar-refractivity contribution >= 4 is 17.7 Å². The molecule has 2 aromatic heterocycles. The van der Waals surface area contributed by atoms with Crippen LogP contribution in [0.3, 0.4) is 0 Å². The third-order valence-corrected chi connectivity index (χ3v) is 6.15. The summed E-state index contributed by atoms with van der Waals surface area (Å²) in [6.07, 6.45) is 5.65. The number of nitrogens with one attached hydrogen (secondary N) is 1. The highest BCUT2D eigenvalue weighted by Gasteiger charge is 2.23. The minimum Gasteiger partial charge on any atom is -0.376 e. The van der Waals surface area contributed by atoms with Crippen LogP contribution in [0.15, 0.2) is 53.9 Å². The fraction of sp³-hybridized carbons (Fsp3) is 0.364. The second-order valence-electron chi connectivity index (χ2n) is 7.30. The molecule has 156 valence electrons. The summed E-state index contributed by atoms with van der Waals surface area (Å²) >= 11 is 1.40. The Morgan fingerprint density at radius 3 is 2.80 bits per heavy atom. The van der Waals surface area contributed by atoms with Gasteiger partial charge in [0.2, 0.25) is 5.91 Å². The number of benzene rings is 1. The van der Waals surface area contributed by atoms with E-state index in [1.165, 1.54) is 11.8 Å². The Labute approximate surface area is 180 Å². The second kappa shape index (κ2) is 9.40. The van der Waals surface area contributed by atoms with Gasteiger partial charge in [0.15, 0.2) is 11.0 Å². The molecule has 30 heavy (non-hydrogen) atoms. The van der Waals surface area contributed by atoms with Gasteiger partial charge in [-0.15, -0.1) is 10.2 Å². The maximum absolute atomic E-state index is 12.6. The zero-order valence-corrected chi connectivity index (χ0v) is 17.9. The molecule has 7 nitrogen and oxygen atoms in total. The van der Waals surface area contributed by atoms with Crippen LogP contribution in [0.4, 0.5) is 0 Å². The molecule has 8 heteroatoms. The fourth-order valence-corrected chi connectivity index (χ4v) is 4.33. The molecule has 0 aliphatic carbocycles. The zero-order valence-electron chi connectivity index (χ0n) is 17.1. The van der Waals surface area contributed by atoms with Gasteiger partial charge in [-0.3, -0.25) is 14.3 Å². The Morgan fingerprint density at radius 1 is 1.27 bits per heavy atom. The van der Waals surface area contributed by atoms with Gasteiger partial charge in [0, 0.05) is 31.1 Å². The molecular formula is C22H25N5O2S. The first kappa shape index (κ1) is 20.6. The summed E-state index contributed by atoms with van der Waals surface area (Å²) < 4.78 is 7.60. The molecule has 2 atom stereocenters. The smallest absolute Gasteiger partial charge is 0.233 e. The number of aryl methyl sites for hydroxylation is 1. The lowest BCUT2D eigenvalue weighted by Crippen LogP contribution is -2.36. The number of para-hydroxylation sites is 1. The average Bonchev–Trinajstić information content (AvgIpc) is 3.43. The number of carbonyl (C=O) groups excluding carboxylic acids is 1. The highest BCUT2D eigenvalue weighted by atomic mass is 32.2. The van der Waals surface area contributed by atoms with E-state index in [0.29, 0.717) is 11.7 Å². The van der Waals surface area contributed by atoms with Crippen LogP contribution < -0.4 is 5.32 Å². The maximum atomic E-state index is 12.6. The van der Waals surface area contributed by atoms with Gasteiger partial charge in [0.05, 0.1) is 17.0 Å². The largest absolute Gasteiger partial charge is 0.376 e. The molecule has 1 saturated heterocycles. The van der Waals surface area contributed by atoms with E-state index in [1.54, 1.807) is 12.4 Å². The van der Waals surface area contributed by atoms with Crippen LogP contribution >= 0.6 is 11.8 Å². The van der Waals surface area contributed by atoms with Crippen molar-refractivity contribution in [2.75, 3.05) is 13.2 Å². The maximum Gasteiger partial charge on any atom is 0.233 e. The lowest BCUT2D eigenvalue weighted by molar-refractivity contribution is -0.120. The van der Waals surface area contributed by atoms with E-state index in [2.05, 4.69) is 33.5 Å². The lowest BCUT2D eigenvalue weighted by atomic mass is 10.2. The molecule has 0 unspecified atom stereocenters. The molecule has 0 bridgehead atoms. The number of nitrogens with zero attached hydrogens (tertiary/aromatic N) is 4. The van der Waals surface area contributed by atoms with E-state index in [-0.39, 0.29) is 17.3 Å². The van der Waals surface area contributed by atoms with Crippen molar-refractivity contribution in [2.45, 2.75) is 43.2 Å². The standard InChI is InChI=1S/C22H25N5O2S/c1-15-6-3-4-8-19(15)27-20(17-9-11-23-12-10-17)25-26-22(27)30-16(2)21(28)24-14-18-7-5-13-29-18/h3-4,6,8-12,16,18H,5,7,13-14H2,1-2H3,(H,24,28)/t16-,18+/m1/s1. The molecular weight excluding hydrogens is 398 g/mol. The Hall–Kier alpha value is -2.71. The van der Waals surface area contributed by atoms with Crippen molar-refractivity contribution in [1.29, 1.82) is 0 Å². The van der Waals surface area contributed by atoms with E-state index in [1.807, 2.05) is 41.8 Å². The molecule has 1 aliphatic rings. The number of pyridine rings is 1. The van der Waals surface area contributed by atoms with Crippen molar-refractivity contribution < 1.29 is 9.53 Å². The van der Waals surface area contributed by atoms with Gasteiger partial charge < -0.3 is 10.1 Å². The summed E-state index contributed by atoms with van der Waals surface area (Å²) in [6, 6.07) is 11.9. The quantitative estimate of drug-likeness (QED) is 0.587. The fourth-order valence-electron chi connectivity index (χ4n) is 3.44. The summed E-state index contributed by atoms with van der Waals surface area (Å²) in [5, 5.41) is 12.2. The van der Waals surface area contributed by atoms with Crippen LogP contribution in [0.2, 0.25) is 0 Å². The predicted octanol–water partition coefficient (Wildman–Crippen LogP) is 3.41. The molecule has 1 N–H and O–H groups in total. The van der Waals surface area contributed by atoms with Crippen molar-refractivity contribution in [3.8, 4) is 17.1 Å². The number of aromatic nitrogens is 4. The SMILES string of the molecule is Cc1ccccc1-n1c(S[C@H](C)C(=O)NC[C@@H]2CCCO2)nnc1-c1ccncc1. The molecule has 4 rings (SSSR count). The number of thioether (sulfide) groups is 1. The summed E-state index contributed by atoms with van der Waals surface area (Å²) in [7, 11) is 0. The highest BCUT2D eigenvalue weighted by molar-refractivity contribution is 8.00. The van der Waals surface area contributed by atoms with Crippen molar-refractivity contribution in [3.05, 3.63) is 54.4 Å². The number of hydrogen-bond donors (Lipinski definition) is 1. The molecule has 0 spiro atoms. The molecule has 1 aliphatic heterocycles. The Morgan fingerprint density at radius 2 is 2.07 bits per heavy atom. The van der Waals surface area contributed by atoms with Crippen LogP contribution in [0, 0.1) is 6.92 Å². The van der Waals surface area contributed by atoms with Crippen LogP contribution in [-0.4, -0.2) is 50.2 Å². The Kier molecular flexibility index (Phi) is 6.44. The minimum atomic E-state index is -0.316. The molecule has 0 radical (unpaired) electrons. The molecule has 1 fully saturated rings. The molecule has 3 aromatic rings. The first-order chi connectivity index (χ1) is 14.6. The van der Waals surface area contributed by atoms with Gasteiger partial charge in [0.25, 0.3) is 0 Å². The zero-order chi connectivity index (χ0) is 20.9. The molecule has 0 saturated carbocycles. The van der Waals surface area contributed by atoms with Gasteiger partial charge in [-0.2, -0.15) is 0 Å². The van der Waals surface area contributed by atoms with E-state index in [9.17, 15) is 4.79 Å². The van der Waals surface area contributed by atoms with Gasteiger partial charge >= 0.3 is 0 Å². The van der Waals surface area contributed by atoms with Gasteiger partial charge in [-0.1, -0.05) is 30.0 Å². The van der Waals surface area contributed by atoms with E-state index < -0.39 is 0 Å². The number of ether oxygens (including phenoxy) is 1. The third kappa shape index (κ3) is 4.55. The van der Waals surface area contributed by atoms with Crippen LogP contribution in [-0.2, 0) is 9.53 Å². The number of amides is 1. The Bertz CT molecular complexity index is 1000. The van der Waals surface area contributed by atoms with Gasteiger partial charge in [-0.25, -0.2) is 0 Å². The minimum absolute atomic E-state index is 0.0275. The number of hydrogen-bond acceptors (Lipinski definition) is 6. The average molecular weight is 424 g/mol. The summed E-state index contributed by atoms with van der Waals surface area (Å²) in [4.78, 5) is 16.7. The first-order valence-corrected chi connectivity index (χ1v) is 11.0. The monoisotopic (exact) mass is 423 g/mol. The molecule has 1 amide bonds. The summed E-state index contributed by atoms with van der Waals surface area (Å²) in [5.74, 6) is 0.696. The highest BCUT2D eigenvalue weighted by Crippen LogP contribution is 2.31. The van der Waals surface area contributed by atoms with E-state index in [4.69, 9.17) is 4.74 Å². The van der Waals surface area contributed by atoms with Gasteiger partial charge in [-0.05, 0) is 50.5 Å². The summed E-state index contributed by atoms with van der Waals surface area (Å²) in [5.41, 5.74) is 3.01. The van der Waals surface area contributed by atoms with Crippen LogP contribution in [0.1, 0.15) is 25.3 Å². The lowest BCUT2D eigenvalue weighted by Gasteiger charge is -2.16. The first-order valence-electron chi connectivity index (χ1n) is 10.1. The number of carbonyl (C=O) groups is 1. The summed E-state index contributed by atoms with van der Waals surface area (Å²) in [6.45, 7) is 5.27. The van der Waals surface area contributed by atoms with Gasteiger partial charge in [0.1, 0.15) is 0 Å². The van der Waals surface area contributed by atoms with Crippen molar-refractivity contribution in [2.24, 2.45) is 0 Å². The van der Waals surface area contributed by atoms with Crippen molar-refractivity contribution in [3.63, 3.8) is 0 Å². The second-order valence-corrected chi connectivity index (χ2v) is 8.61. The van der Waals surface area contributed by atoms with Crippen molar-refractivity contribution in [1.82, 2.24) is 25.1 Å². The van der Waals surface area contributed by atoms with Crippen LogP contribution in [0.25, 0.3) is 17.1 Å². The third-order valence-electron chi connectivity index (χ3n) is 5.11. The van der Waals surface area contributed by atoms with E-state index >= 15 is 0 Å². The Balaban J connectivity index is 1.59. The van der Waals surface area contributed by atoms with Crippen LogP contribution in [0.5, 0.6) is 0 Å². The molecule has 3 heterocycles. The predicted molar refractivity (Wildman–Crippen MR) is 117 cm³/mol. The number of rotatable bonds is 7. The topological polar surface area (TPSA) is 81.9 Å². The normalized spacial score (nSPS) is 17.1. The molecule has 1 aromatic carbocycles. The van der Waals surface area contributed by atoms with E-state index in [0.717, 1.165) is 42.1 Å².